The molecule has 7 heteroatoms. The summed E-state index contributed by atoms with van der Waals surface area (Å²) in [6.07, 6.45) is 1.43. The van der Waals surface area contributed by atoms with E-state index < -0.39 is 17.1 Å². The second-order valence-corrected chi connectivity index (χ2v) is 5.78. The van der Waals surface area contributed by atoms with Crippen LogP contribution in [0.2, 0.25) is 0 Å². The molecule has 1 amide bonds. The predicted octanol–water partition coefficient (Wildman–Crippen LogP) is 2.85. The van der Waals surface area contributed by atoms with Crippen molar-refractivity contribution in [2.75, 3.05) is 13.1 Å². The molecule has 0 aliphatic carbocycles. The molecule has 0 fully saturated rings. The van der Waals surface area contributed by atoms with Gasteiger partial charge in [0.2, 0.25) is 5.43 Å². The number of benzene rings is 1. The van der Waals surface area contributed by atoms with Crippen LogP contribution in [-0.4, -0.2) is 33.4 Å². The van der Waals surface area contributed by atoms with E-state index in [9.17, 15) is 18.4 Å². The molecule has 3 aromatic rings. The maximum atomic E-state index is 13.5. The summed E-state index contributed by atoms with van der Waals surface area (Å²) in [7, 11) is 1.65. The number of rotatable bonds is 3. The first-order valence-corrected chi connectivity index (χ1v) is 7.95. The molecule has 5 nitrogen and oxygen atoms in total. The summed E-state index contributed by atoms with van der Waals surface area (Å²) in [6.45, 7) is 4.63. The number of fused-ring (bicyclic) bond motifs is 2. The summed E-state index contributed by atoms with van der Waals surface area (Å²) in [5.74, 6) is -2.38. The molecule has 0 unspecified atom stereocenters. The van der Waals surface area contributed by atoms with Crippen LogP contribution in [0.15, 0.2) is 29.2 Å². The highest BCUT2D eigenvalue weighted by atomic mass is 19.2. The largest absolute Gasteiger partial charge is 0.339 e. The maximum Gasteiger partial charge on any atom is 0.259 e. The summed E-state index contributed by atoms with van der Waals surface area (Å²) < 4.78 is 28.5. The van der Waals surface area contributed by atoms with E-state index in [1.54, 1.807) is 16.5 Å². The molecule has 0 saturated heterocycles. The minimum atomic E-state index is -1.01. The van der Waals surface area contributed by atoms with Crippen molar-refractivity contribution in [2.24, 2.45) is 7.05 Å². The highest BCUT2D eigenvalue weighted by Crippen LogP contribution is 2.21. The highest BCUT2D eigenvalue weighted by molar-refractivity contribution is 5.99. The molecule has 0 aliphatic rings. The van der Waals surface area contributed by atoms with Crippen LogP contribution < -0.4 is 5.43 Å². The first kappa shape index (κ1) is 17.0. The number of nitrogens with zero attached hydrogens (tertiary/aromatic N) is 3. The fourth-order valence-electron chi connectivity index (χ4n) is 2.89. The van der Waals surface area contributed by atoms with Gasteiger partial charge in [-0.3, -0.25) is 9.59 Å². The average molecular weight is 345 g/mol. The zero-order valence-corrected chi connectivity index (χ0v) is 14.1. The zero-order chi connectivity index (χ0) is 18.3. The Kier molecular flexibility index (Phi) is 4.24. The molecular formula is C18H17F2N3O2. The van der Waals surface area contributed by atoms with E-state index in [0.717, 1.165) is 12.1 Å². The van der Waals surface area contributed by atoms with E-state index in [4.69, 9.17) is 0 Å². The van der Waals surface area contributed by atoms with Crippen molar-refractivity contribution >= 4 is 27.8 Å². The Hall–Kier alpha value is -2.83. The standard InChI is InChI=1S/C18H17F2N3O2/c1-4-23(5-2)18(25)12-9-22(3)17-11(16(12)24)6-10-7-13(19)14(20)8-15(10)21-17/h6-9H,4-5H2,1-3H3. The highest BCUT2D eigenvalue weighted by Gasteiger charge is 2.20. The Morgan fingerprint density at radius 3 is 2.44 bits per heavy atom. The van der Waals surface area contributed by atoms with Gasteiger partial charge in [-0.15, -0.1) is 0 Å². The molecule has 0 spiro atoms. The van der Waals surface area contributed by atoms with E-state index in [1.165, 1.54) is 12.3 Å². The third-order valence-electron chi connectivity index (χ3n) is 4.26. The summed E-state index contributed by atoms with van der Waals surface area (Å²) in [6, 6.07) is 3.43. The van der Waals surface area contributed by atoms with Gasteiger partial charge in [0.05, 0.1) is 10.9 Å². The van der Waals surface area contributed by atoms with Crippen LogP contribution in [0.1, 0.15) is 24.2 Å². The minimum absolute atomic E-state index is 0.0300. The van der Waals surface area contributed by atoms with Crippen molar-refractivity contribution < 1.29 is 13.6 Å². The van der Waals surface area contributed by atoms with Gasteiger partial charge in [0, 0.05) is 37.8 Å². The fraction of sp³-hybridized carbons (Fsp3) is 0.278. The Balaban J connectivity index is 2.32. The normalized spacial score (nSPS) is 11.2. The first-order valence-electron chi connectivity index (χ1n) is 7.95. The Labute approximate surface area is 142 Å². The molecule has 2 aromatic heterocycles. The molecule has 25 heavy (non-hydrogen) atoms. The van der Waals surface area contributed by atoms with Crippen LogP contribution >= 0.6 is 0 Å². The SMILES string of the molecule is CCN(CC)C(=O)c1cn(C)c2nc3cc(F)c(F)cc3cc2c1=O. The Bertz CT molecular complexity index is 1060. The van der Waals surface area contributed by atoms with Crippen LogP contribution in [0.25, 0.3) is 21.9 Å². The number of aryl methyl sites for hydroxylation is 1. The van der Waals surface area contributed by atoms with Gasteiger partial charge in [0.25, 0.3) is 5.91 Å². The molecule has 0 bridgehead atoms. The molecule has 3 rings (SSSR count). The monoisotopic (exact) mass is 345 g/mol. The van der Waals surface area contributed by atoms with E-state index in [0.29, 0.717) is 24.1 Å². The number of carbonyl (C=O) groups is 1. The molecule has 0 N–H and O–H groups in total. The van der Waals surface area contributed by atoms with Crippen molar-refractivity contribution in [1.29, 1.82) is 0 Å². The topological polar surface area (TPSA) is 55.2 Å². The van der Waals surface area contributed by atoms with Gasteiger partial charge in [0.15, 0.2) is 11.6 Å². The molecule has 0 saturated carbocycles. The first-order chi connectivity index (χ1) is 11.9. The van der Waals surface area contributed by atoms with Gasteiger partial charge in [-0.25, -0.2) is 13.8 Å². The lowest BCUT2D eigenvalue weighted by molar-refractivity contribution is 0.0771. The lowest BCUT2D eigenvalue weighted by Gasteiger charge is -2.19. The summed E-state index contributed by atoms with van der Waals surface area (Å²) >= 11 is 0. The van der Waals surface area contributed by atoms with Gasteiger partial charge >= 0.3 is 0 Å². The van der Waals surface area contributed by atoms with Gasteiger partial charge in [-0.1, -0.05) is 0 Å². The summed E-state index contributed by atoms with van der Waals surface area (Å²) in [4.78, 5) is 31.2. The van der Waals surface area contributed by atoms with Crippen LogP contribution in [0.5, 0.6) is 0 Å². The van der Waals surface area contributed by atoms with Crippen molar-refractivity contribution in [1.82, 2.24) is 14.5 Å². The summed E-state index contributed by atoms with van der Waals surface area (Å²) in [5.41, 5.74) is 0.107. The predicted molar refractivity (Wildman–Crippen MR) is 91.7 cm³/mol. The van der Waals surface area contributed by atoms with Gasteiger partial charge in [-0.05, 0) is 26.0 Å². The van der Waals surface area contributed by atoms with E-state index in [-0.39, 0.29) is 22.4 Å². The zero-order valence-electron chi connectivity index (χ0n) is 14.1. The van der Waals surface area contributed by atoms with Gasteiger partial charge < -0.3 is 9.47 Å². The third-order valence-corrected chi connectivity index (χ3v) is 4.26. The number of carbonyl (C=O) groups excluding carboxylic acids is 1. The minimum Gasteiger partial charge on any atom is -0.339 e. The number of aromatic nitrogens is 2. The number of halogens is 2. The molecule has 1 aromatic carbocycles. The van der Waals surface area contributed by atoms with Crippen molar-refractivity contribution in [3.63, 3.8) is 0 Å². The Morgan fingerprint density at radius 1 is 1.16 bits per heavy atom. The third kappa shape index (κ3) is 2.75. The van der Waals surface area contributed by atoms with Crippen molar-refractivity contribution in [2.45, 2.75) is 13.8 Å². The van der Waals surface area contributed by atoms with Crippen molar-refractivity contribution in [3.05, 3.63) is 51.8 Å². The average Bonchev–Trinajstić information content (AvgIpc) is 2.59. The second-order valence-electron chi connectivity index (χ2n) is 5.78. The number of hydrogen-bond acceptors (Lipinski definition) is 3. The van der Waals surface area contributed by atoms with Crippen LogP contribution in [0.4, 0.5) is 8.78 Å². The number of pyridine rings is 2. The van der Waals surface area contributed by atoms with Gasteiger partial charge in [-0.2, -0.15) is 0 Å². The molecule has 0 atom stereocenters. The van der Waals surface area contributed by atoms with Crippen LogP contribution in [-0.2, 0) is 7.05 Å². The molecule has 0 aliphatic heterocycles. The lowest BCUT2D eigenvalue weighted by atomic mass is 10.1. The second kappa shape index (κ2) is 6.23. The number of hydrogen-bond donors (Lipinski definition) is 0. The van der Waals surface area contributed by atoms with Crippen LogP contribution in [0, 0.1) is 11.6 Å². The quantitative estimate of drug-likeness (QED) is 0.686. The smallest absolute Gasteiger partial charge is 0.259 e. The molecular weight excluding hydrogens is 328 g/mol. The van der Waals surface area contributed by atoms with Crippen LogP contribution in [0.3, 0.4) is 0 Å². The fourth-order valence-corrected chi connectivity index (χ4v) is 2.89. The van der Waals surface area contributed by atoms with Gasteiger partial charge in [0.1, 0.15) is 11.2 Å². The maximum absolute atomic E-state index is 13.5. The molecule has 130 valence electrons. The van der Waals surface area contributed by atoms with E-state index in [2.05, 4.69) is 4.98 Å². The summed E-state index contributed by atoms with van der Waals surface area (Å²) in [5, 5.41) is 0.495. The number of amides is 1. The Morgan fingerprint density at radius 2 is 1.80 bits per heavy atom. The van der Waals surface area contributed by atoms with Crippen molar-refractivity contribution in [3.8, 4) is 0 Å². The molecule has 0 radical (unpaired) electrons. The van der Waals surface area contributed by atoms with E-state index >= 15 is 0 Å². The van der Waals surface area contributed by atoms with E-state index in [1.807, 2.05) is 13.8 Å². The lowest BCUT2D eigenvalue weighted by Crippen LogP contribution is -2.34. The molecule has 2 heterocycles.